The Morgan fingerprint density at radius 2 is 1.46 bits per heavy atom. The maximum atomic E-state index is 2.50. The van der Waals surface area contributed by atoms with Gasteiger partial charge in [0.1, 0.15) is 0 Å². The summed E-state index contributed by atoms with van der Waals surface area (Å²) in [6.45, 7) is 9.27. The van der Waals surface area contributed by atoms with Crippen molar-refractivity contribution in [1.29, 1.82) is 0 Å². The molecule has 0 aromatic heterocycles. The van der Waals surface area contributed by atoms with Crippen molar-refractivity contribution in [2.24, 2.45) is 0 Å². The highest BCUT2D eigenvalue weighted by molar-refractivity contribution is 6.06. The lowest BCUT2D eigenvalue weighted by molar-refractivity contribution is 0.591. The number of unbranched alkanes of at least 4 members (excludes halogenated alkanes) is 1. The molecular formula is C34H37N. The maximum absolute atomic E-state index is 2.50. The van der Waals surface area contributed by atoms with Crippen molar-refractivity contribution in [2.45, 2.75) is 65.2 Å². The molecular weight excluding hydrogens is 422 g/mol. The highest BCUT2D eigenvalue weighted by atomic mass is 15.1. The summed E-state index contributed by atoms with van der Waals surface area (Å²) in [6.07, 6.45) is 10.6. The second kappa shape index (κ2) is 9.74. The number of anilines is 3. The van der Waals surface area contributed by atoms with Crippen molar-refractivity contribution in [1.82, 2.24) is 0 Å². The van der Waals surface area contributed by atoms with Gasteiger partial charge in [-0.05, 0) is 77.4 Å². The van der Waals surface area contributed by atoms with Crippen LogP contribution in [-0.2, 0) is 18.3 Å². The van der Waals surface area contributed by atoms with E-state index in [-0.39, 0.29) is 5.41 Å². The summed E-state index contributed by atoms with van der Waals surface area (Å²) in [6, 6.07) is 28.9. The van der Waals surface area contributed by atoms with E-state index in [0.717, 1.165) is 19.3 Å². The molecule has 0 saturated heterocycles. The molecule has 35 heavy (non-hydrogen) atoms. The molecule has 0 amide bonds. The zero-order valence-corrected chi connectivity index (χ0v) is 21.6. The fourth-order valence-corrected chi connectivity index (χ4v) is 5.42. The van der Waals surface area contributed by atoms with Gasteiger partial charge in [0.2, 0.25) is 0 Å². The van der Waals surface area contributed by atoms with E-state index in [1.165, 1.54) is 51.8 Å². The molecule has 5 rings (SSSR count). The molecule has 0 aliphatic heterocycles. The van der Waals surface area contributed by atoms with E-state index in [2.05, 4.69) is 124 Å². The van der Waals surface area contributed by atoms with Crippen molar-refractivity contribution in [3.8, 4) is 0 Å². The summed E-state index contributed by atoms with van der Waals surface area (Å²) in [7, 11) is 0. The Morgan fingerprint density at radius 3 is 2.06 bits per heavy atom. The van der Waals surface area contributed by atoms with Crippen LogP contribution in [0.3, 0.4) is 0 Å². The third-order valence-electron chi connectivity index (χ3n) is 7.29. The summed E-state index contributed by atoms with van der Waals surface area (Å²) in [5, 5.41) is 2.79. The molecule has 0 N–H and O–H groups in total. The van der Waals surface area contributed by atoms with E-state index in [4.69, 9.17) is 0 Å². The van der Waals surface area contributed by atoms with Crippen LogP contribution >= 0.6 is 0 Å². The topological polar surface area (TPSA) is 3.24 Å². The Bertz CT molecular complexity index is 1300. The molecule has 0 spiro atoms. The SMILES string of the molecule is CCCCc1c2c(c(N(c3ccccc3)c3ccccc3)c3ccc(C(C)(C)C)cc13)C=CCC2. The van der Waals surface area contributed by atoms with Crippen molar-refractivity contribution < 1.29 is 0 Å². The van der Waals surface area contributed by atoms with Gasteiger partial charge in [0, 0.05) is 22.3 Å². The quantitative estimate of drug-likeness (QED) is 0.277. The maximum Gasteiger partial charge on any atom is 0.0615 e. The monoisotopic (exact) mass is 459 g/mol. The van der Waals surface area contributed by atoms with E-state index in [1.54, 1.807) is 11.1 Å². The van der Waals surface area contributed by atoms with Crippen LogP contribution in [0.25, 0.3) is 16.8 Å². The van der Waals surface area contributed by atoms with Crippen LogP contribution in [0.4, 0.5) is 17.1 Å². The van der Waals surface area contributed by atoms with Crippen LogP contribution < -0.4 is 4.90 Å². The van der Waals surface area contributed by atoms with Crippen LogP contribution in [0, 0.1) is 0 Å². The predicted octanol–water partition coefficient (Wildman–Crippen LogP) is 9.91. The average molecular weight is 460 g/mol. The lowest BCUT2D eigenvalue weighted by Crippen LogP contribution is -2.16. The first-order valence-electron chi connectivity index (χ1n) is 13.2. The molecule has 4 aromatic rings. The van der Waals surface area contributed by atoms with E-state index in [1.807, 2.05) is 0 Å². The Labute approximate surface area is 211 Å². The van der Waals surface area contributed by atoms with Crippen molar-refractivity contribution in [3.63, 3.8) is 0 Å². The standard InChI is InChI=1S/C34H37N/c1-5-6-19-29-28-20-13-14-21-30(28)33(31-23-22-25(24-32(29)31)34(2,3)4)35(26-15-9-7-10-16-26)27-17-11-8-12-18-27/h7-12,14-18,21-24H,5-6,13,19-20H2,1-4H3. The summed E-state index contributed by atoms with van der Waals surface area (Å²) in [5.41, 5.74) is 9.74. The second-order valence-electron chi connectivity index (χ2n) is 10.8. The number of allylic oxidation sites excluding steroid dienone is 1. The highest BCUT2D eigenvalue weighted by Crippen LogP contribution is 2.47. The Kier molecular flexibility index (Phi) is 6.52. The second-order valence-corrected chi connectivity index (χ2v) is 10.8. The molecule has 1 heteroatoms. The van der Waals surface area contributed by atoms with Gasteiger partial charge in [-0.3, -0.25) is 0 Å². The van der Waals surface area contributed by atoms with Gasteiger partial charge in [-0.25, -0.2) is 0 Å². The van der Waals surface area contributed by atoms with Crippen LogP contribution in [0.15, 0.2) is 84.9 Å². The first-order chi connectivity index (χ1) is 17.0. The Hall–Kier alpha value is -3.32. The van der Waals surface area contributed by atoms with Gasteiger partial charge in [0.25, 0.3) is 0 Å². The van der Waals surface area contributed by atoms with Gasteiger partial charge in [-0.1, -0.05) is 101 Å². The molecule has 0 bridgehead atoms. The van der Waals surface area contributed by atoms with Gasteiger partial charge >= 0.3 is 0 Å². The number of fused-ring (bicyclic) bond motifs is 2. The fraction of sp³-hybridized carbons (Fsp3) is 0.294. The predicted molar refractivity (Wildman–Crippen MR) is 153 cm³/mol. The van der Waals surface area contributed by atoms with Gasteiger partial charge in [0.05, 0.1) is 5.69 Å². The molecule has 0 heterocycles. The minimum atomic E-state index is 0.116. The minimum absolute atomic E-state index is 0.116. The number of hydrogen-bond acceptors (Lipinski definition) is 1. The Balaban J connectivity index is 1.89. The van der Waals surface area contributed by atoms with Crippen LogP contribution in [0.1, 0.15) is 69.2 Å². The molecule has 0 atom stereocenters. The zero-order chi connectivity index (χ0) is 24.4. The minimum Gasteiger partial charge on any atom is -0.309 e. The molecule has 0 radical (unpaired) electrons. The Morgan fingerprint density at radius 1 is 0.800 bits per heavy atom. The lowest BCUT2D eigenvalue weighted by atomic mass is 9.80. The largest absolute Gasteiger partial charge is 0.309 e. The first kappa shape index (κ1) is 23.4. The highest BCUT2D eigenvalue weighted by Gasteiger charge is 2.26. The van der Waals surface area contributed by atoms with Gasteiger partial charge in [0.15, 0.2) is 0 Å². The third kappa shape index (κ3) is 4.52. The summed E-state index contributed by atoms with van der Waals surface area (Å²) in [4.78, 5) is 2.47. The molecule has 4 aromatic carbocycles. The van der Waals surface area contributed by atoms with Crippen molar-refractivity contribution >= 4 is 33.9 Å². The number of benzene rings is 4. The van der Waals surface area contributed by atoms with Crippen molar-refractivity contribution in [3.05, 3.63) is 107 Å². The van der Waals surface area contributed by atoms with E-state index < -0.39 is 0 Å². The summed E-state index contributed by atoms with van der Waals surface area (Å²) in [5.74, 6) is 0. The molecule has 1 aliphatic rings. The number of rotatable bonds is 6. The average Bonchev–Trinajstić information content (AvgIpc) is 2.88. The van der Waals surface area contributed by atoms with Crippen LogP contribution in [0.2, 0.25) is 0 Å². The molecule has 1 aliphatic carbocycles. The van der Waals surface area contributed by atoms with Crippen molar-refractivity contribution in [2.75, 3.05) is 4.90 Å². The van der Waals surface area contributed by atoms with Gasteiger partial charge < -0.3 is 4.90 Å². The van der Waals surface area contributed by atoms with Crippen LogP contribution in [0.5, 0.6) is 0 Å². The number of para-hydroxylation sites is 2. The molecule has 0 unspecified atom stereocenters. The molecule has 1 nitrogen and oxygen atoms in total. The van der Waals surface area contributed by atoms with E-state index in [9.17, 15) is 0 Å². The lowest BCUT2D eigenvalue weighted by Gasteiger charge is -2.32. The first-order valence-corrected chi connectivity index (χ1v) is 13.2. The van der Waals surface area contributed by atoms with E-state index in [0.29, 0.717) is 0 Å². The normalized spacial score (nSPS) is 13.1. The molecule has 178 valence electrons. The van der Waals surface area contributed by atoms with E-state index >= 15 is 0 Å². The summed E-state index contributed by atoms with van der Waals surface area (Å²) < 4.78 is 0. The number of aryl methyl sites for hydroxylation is 1. The zero-order valence-electron chi connectivity index (χ0n) is 21.6. The molecule has 0 saturated carbocycles. The van der Waals surface area contributed by atoms with Crippen LogP contribution in [-0.4, -0.2) is 0 Å². The van der Waals surface area contributed by atoms with Gasteiger partial charge in [-0.15, -0.1) is 0 Å². The number of nitrogens with zero attached hydrogens (tertiary/aromatic N) is 1. The fourth-order valence-electron chi connectivity index (χ4n) is 5.42. The summed E-state index contributed by atoms with van der Waals surface area (Å²) >= 11 is 0. The number of hydrogen-bond donors (Lipinski definition) is 0. The molecule has 0 fully saturated rings. The van der Waals surface area contributed by atoms with Gasteiger partial charge in [-0.2, -0.15) is 0 Å². The third-order valence-corrected chi connectivity index (χ3v) is 7.29. The smallest absolute Gasteiger partial charge is 0.0615 e.